The van der Waals surface area contributed by atoms with Gasteiger partial charge < -0.3 is 20.9 Å². The number of benzene rings is 2. The third-order valence-corrected chi connectivity index (χ3v) is 5.64. The molecule has 0 aromatic heterocycles. The molecule has 1 aliphatic heterocycles. The van der Waals surface area contributed by atoms with Gasteiger partial charge in [0.05, 0.1) is 5.69 Å². The van der Waals surface area contributed by atoms with Gasteiger partial charge in [0.1, 0.15) is 5.84 Å². The largest absolute Gasteiger partial charge is 0.370 e. The van der Waals surface area contributed by atoms with Crippen molar-refractivity contribution in [2.75, 3.05) is 23.9 Å². The molecule has 0 spiro atoms. The van der Waals surface area contributed by atoms with Gasteiger partial charge in [-0.15, -0.1) is 0 Å². The number of rotatable bonds is 7. The summed E-state index contributed by atoms with van der Waals surface area (Å²) in [5, 5.41) is 2.77. The maximum atomic E-state index is 13.3. The number of anilines is 2. The monoisotopic (exact) mass is 449 g/mol. The second-order valence-corrected chi connectivity index (χ2v) is 8.67. The molecule has 8 nitrogen and oxygen atoms in total. The number of para-hydroxylation sites is 2. The summed E-state index contributed by atoms with van der Waals surface area (Å²) in [4.78, 5) is 46.0. The average Bonchev–Trinajstić information content (AvgIpc) is 2.89. The number of nitrogens with zero attached hydrogens (tertiary/aromatic N) is 3. The zero-order chi connectivity index (χ0) is 24.1. The van der Waals surface area contributed by atoms with E-state index in [0.717, 1.165) is 11.3 Å². The maximum Gasteiger partial charge on any atom is 0.272 e. The molecular weight excluding hydrogens is 418 g/mol. The predicted molar refractivity (Wildman–Crippen MR) is 130 cm³/mol. The van der Waals surface area contributed by atoms with Crippen molar-refractivity contribution in [2.24, 2.45) is 22.6 Å². The molecule has 0 saturated heterocycles. The Morgan fingerprint density at radius 1 is 1.12 bits per heavy atom. The molecule has 2 aromatic rings. The summed E-state index contributed by atoms with van der Waals surface area (Å²) >= 11 is 0. The molecule has 174 valence electrons. The number of primary amides is 1. The fourth-order valence-electron chi connectivity index (χ4n) is 3.99. The van der Waals surface area contributed by atoms with E-state index in [-0.39, 0.29) is 18.2 Å². The summed E-state index contributed by atoms with van der Waals surface area (Å²) in [7, 11) is 3.53. The number of hydrogen-bond donors (Lipinski definition) is 2. The van der Waals surface area contributed by atoms with Gasteiger partial charge in [0.2, 0.25) is 18.0 Å². The number of fused-ring (bicyclic) bond motifs is 1. The molecule has 0 fully saturated rings. The number of aliphatic imine (C=N–C) groups is 1. The van der Waals surface area contributed by atoms with E-state index in [4.69, 9.17) is 10.7 Å². The lowest BCUT2D eigenvalue weighted by atomic mass is 9.93. The summed E-state index contributed by atoms with van der Waals surface area (Å²) in [6.45, 7) is 3.93. The molecule has 0 aliphatic carbocycles. The van der Waals surface area contributed by atoms with Gasteiger partial charge in [0.25, 0.3) is 5.91 Å². The third-order valence-electron chi connectivity index (χ3n) is 5.64. The van der Waals surface area contributed by atoms with Crippen LogP contribution in [0.25, 0.3) is 0 Å². The molecule has 2 unspecified atom stereocenters. The van der Waals surface area contributed by atoms with E-state index in [0.29, 0.717) is 17.9 Å². The van der Waals surface area contributed by atoms with Gasteiger partial charge in [-0.3, -0.25) is 14.4 Å². The normalized spacial score (nSPS) is 16.5. The molecule has 3 N–H and O–H groups in total. The topological polar surface area (TPSA) is 108 Å². The quantitative estimate of drug-likeness (QED) is 0.677. The number of carbonyl (C=O) groups excluding carboxylic acids is 3. The number of carbonyl (C=O) groups is 3. The van der Waals surface area contributed by atoms with Crippen LogP contribution in [0.15, 0.2) is 59.6 Å². The second kappa shape index (κ2) is 10.3. The lowest BCUT2D eigenvalue weighted by Crippen LogP contribution is -2.48. The zero-order valence-electron chi connectivity index (χ0n) is 19.5. The first kappa shape index (κ1) is 24.0. The van der Waals surface area contributed by atoms with Crippen molar-refractivity contribution < 1.29 is 14.4 Å². The number of amidine groups is 1. The van der Waals surface area contributed by atoms with Crippen LogP contribution in [0.2, 0.25) is 0 Å². The van der Waals surface area contributed by atoms with E-state index in [2.05, 4.69) is 5.32 Å². The van der Waals surface area contributed by atoms with Gasteiger partial charge in [-0.1, -0.05) is 44.2 Å². The number of nitrogens with two attached hydrogens (primary N) is 1. The smallest absolute Gasteiger partial charge is 0.272 e. The molecule has 1 heterocycles. The van der Waals surface area contributed by atoms with Gasteiger partial charge in [0, 0.05) is 37.7 Å². The van der Waals surface area contributed by atoms with Crippen LogP contribution in [0.4, 0.5) is 11.4 Å². The van der Waals surface area contributed by atoms with Crippen LogP contribution in [0, 0.1) is 11.8 Å². The van der Waals surface area contributed by atoms with Gasteiger partial charge in [-0.05, 0) is 36.6 Å². The number of likely N-dealkylation sites (N-methyl/N-ethyl adjacent to an activating group) is 1. The first-order chi connectivity index (χ1) is 15.7. The van der Waals surface area contributed by atoms with Crippen molar-refractivity contribution in [3.63, 3.8) is 0 Å². The van der Waals surface area contributed by atoms with Crippen LogP contribution in [-0.2, 0) is 14.4 Å². The minimum absolute atomic E-state index is 0.0819. The molecule has 2 atom stereocenters. The highest BCUT2D eigenvalue weighted by molar-refractivity contribution is 6.17. The molecule has 8 heteroatoms. The van der Waals surface area contributed by atoms with E-state index < -0.39 is 23.9 Å². The Balaban J connectivity index is 2.01. The molecule has 0 saturated carbocycles. The number of amides is 3. The third kappa shape index (κ3) is 5.58. The van der Waals surface area contributed by atoms with Crippen LogP contribution in [0.5, 0.6) is 0 Å². The Morgan fingerprint density at radius 3 is 2.39 bits per heavy atom. The van der Waals surface area contributed by atoms with Crippen LogP contribution >= 0.6 is 0 Å². The van der Waals surface area contributed by atoms with E-state index in [9.17, 15) is 14.4 Å². The molecule has 0 radical (unpaired) electrons. The molecule has 33 heavy (non-hydrogen) atoms. The first-order valence-corrected chi connectivity index (χ1v) is 11.0. The lowest BCUT2D eigenvalue weighted by molar-refractivity contribution is -0.132. The fraction of sp³-hybridized carbons (Fsp3) is 0.360. The fourth-order valence-corrected chi connectivity index (χ4v) is 3.99. The van der Waals surface area contributed by atoms with Crippen LogP contribution in [0.1, 0.15) is 32.3 Å². The van der Waals surface area contributed by atoms with Crippen molar-refractivity contribution in [1.29, 1.82) is 0 Å². The van der Waals surface area contributed by atoms with Crippen LogP contribution in [0.3, 0.4) is 0 Å². The number of nitrogens with one attached hydrogen (secondary N) is 1. The van der Waals surface area contributed by atoms with Crippen molar-refractivity contribution >= 4 is 34.9 Å². The highest BCUT2D eigenvalue weighted by Crippen LogP contribution is 2.27. The van der Waals surface area contributed by atoms with Gasteiger partial charge in [0.15, 0.2) is 0 Å². The summed E-state index contributed by atoms with van der Waals surface area (Å²) in [6.07, 6.45) is -0.744. The molecule has 0 bridgehead atoms. The Labute approximate surface area is 194 Å². The summed E-state index contributed by atoms with van der Waals surface area (Å²) in [5.41, 5.74) is 7.72. The summed E-state index contributed by atoms with van der Waals surface area (Å²) < 4.78 is 0. The maximum absolute atomic E-state index is 13.3. The van der Waals surface area contributed by atoms with E-state index in [1.165, 1.54) is 4.90 Å². The highest BCUT2D eigenvalue weighted by Gasteiger charge is 2.33. The van der Waals surface area contributed by atoms with E-state index in [1.807, 2.05) is 80.4 Å². The minimum atomic E-state index is -1.14. The first-order valence-electron chi connectivity index (χ1n) is 11.0. The Hall–Kier alpha value is -3.68. The van der Waals surface area contributed by atoms with E-state index >= 15 is 0 Å². The second-order valence-electron chi connectivity index (χ2n) is 8.67. The molecular formula is C25H31N5O3. The Kier molecular flexibility index (Phi) is 7.48. The van der Waals surface area contributed by atoms with Crippen molar-refractivity contribution in [1.82, 2.24) is 5.32 Å². The number of benzodiazepines with no additional fused rings is 1. The van der Waals surface area contributed by atoms with Crippen LogP contribution in [-0.4, -0.2) is 43.8 Å². The Bertz CT molecular complexity index is 1050. The van der Waals surface area contributed by atoms with Crippen LogP contribution < -0.4 is 20.9 Å². The lowest BCUT2D eigenvalue weighted by Gasteiger charge is -2.23. The molecule has 2 aromatic carbocycles. The van der Waals surface area contributed by atoms with Crippen molar-refractivity contribution in [3.05, 3.63) is 60.2 Å². The Morgan fingerprint density at radius 2 is 1.76 bits per heavy atom. The molecule has 1 aliphatic rings. The molecule has 3 amide bonds. The van der Waals surface area contributed by atoms with Gasteiger partial charge in [-0.2, -0.15) is 0 Å². The predicted octanol–water partition coefficient (Wildman–Crippen LogP) is 2.53. The summed E-state index contributed by atoms with van der Waals surface area (Å²) in [5.74, 6) is -1.23. The van der Waals surface area contributed by atoms with E-state index in [1.54, 1.807) is 7.05 Å². The van der Waals surface area contributed by atoms with Gasteiger partial charge in [-0.25, -0.2) is 4.99 Å². The van der Waals surface area contributed by atoms with Crippen molar-refractivity contribution in [2.45, 2.75) is 32.9 Å². The SMILES string of the molecule is CC(C)CC(CC(N)=O)C(=O)NC1N=C(N(C)c2ccccc2)c2ccccc2N(C)C1=O. The zero-order valence-corrected chi connectivity index (χ0v) is 19.5. The minimum Gasteiger partial charge on any atom is -0.370 e. The standard InChI is InChI=1S/C25H31N5O3/c1-16(2)14-17(15-21(26)31)24(32)28-22-25(33)30(4)20-13-9-8-12-19(20)23(27-22)29(3)18-10-6-5-7-11-18/h5-13,16-17,22H,14-15H2,1-4H3,(H2,26,31)(H,28,32). The highest BCUT2D eigenvalue weighted by atomic mass is 16.2. The summed E-state index contributed by atoms with van der Waals surface area (Å²) in [6, 6.07) is 17.1. The van der Waals surface area contributed by atoms with Crippen molar-refractivity contribution in [3.8, 4) is 0 Å². The van der Waals surface area contributed by atoms with Gasteiger partial charge >= 0.3 is 0 Å². The number of hydrogen-bond acceptors (Lipinski definition) is 5. The average molecular weight is 450 g/mol. The molecule has 3 rings (SSSR count).